The molecule has 5 heteroatoms. The fourth-order valence-corrected chi connectivity index (χ4v) is 1.97. The highest BCUT2D eigenvalue weighted by molar-refractivity contribution is 6.34. The maximum absolute atomic E-state index is 12.9. The molecule has 1 heterocycles. The smallest absolute Gasteiger partial charge is 0.187 e. The van der Waals surface area contributed by atoms with Crippen LogP contribution in [0.25, 0.3) is 0 Å². The van der Waals surface area contributed by atoms with E-state index in [0.29, 0.717) is 10.6 Å². The number of nitrogens with zero attached hydrogens (tertiary/aromatic N) is 1. The first kappa shape index (κ1) is 13.0. The van der Waals surface area contributed by atoms with Crippen LogP contribution in [-0.4, -0.2) is 10.8 Å². The quantitative estimate of drug-likeness (QED) is 0.799. The molecule has 0 aliphatic rings. The Bertz CT molecular complexity index is 601. The SMILES string of the molecule is O=C(Cc1ccc(F)cc1Cl)c1ncccc1Cl. The predicted molar refractivity (Wildman–Crippen MR) is 68.7 cm³/mol. The second kappa shape index (κ2) is 5.46. The van der Waals surface area contributed by atoms with Gasteiger partial charge < -0.3 is 0 Å². The van der Waals surface area contributed by atoms with E-state index in [1.165, 1.54) is 24.4 Å². The first-order chi connectivity index (χ1) is 8.58. The Morgan fingerprint density at radius 2 is 2.00 bits per heavy atom. The molecule has 0 atom stereocenters. The Kier molecular flexibility index (Phi) is 3.94. The van der Waals surface area contributed by atoms with Crippen molar-refractivity contribution in [2.45, 2.75) is 6.42 Å². The van der Waals surface area contributed by atoms with Gasteiger partial charge >= 0.3 is 0 Å². The molecule has 0 amide bonds. The molecule has 1 aromatic carbocycles. The van der Waals surface area contributed by atoms with Crippen LogP contribution in [0.15, 0.2) is 36.5 Å². The van der Waals surface area contributed by atoms with E-state index in [4.69, 9.17) is 23.2 Å². The van der Waals surface area contributed by atoms with E-state index in [0.717, 1.165) is 0 Å². The number of halogens is 3. The lowest BCUT2D eigenvalue weighted by atomic mass is 10.1. The lowest BCUT2D eigenvalue weighted by molar-refractivity contribution is 0.0988. The standard InChI is InChI=1S/C13H8Cl2FNO/c14-10-2-1-5-17-13(10)12(18)6-8-3-4-9(16)7-11(8)15/h1-5,7H,6H2. The highest BCUT2D eigenvalue weighted by Crippen LogP contribution is 2.20. The number of benzene rings is 1. The topological polar surface area (TPSA) is 30.0 Å². The molecule has 0 aliphatic carbocycles. The average molecular weight is 284 g/mol. The van der Waals surface area contributed by atoms with Crippen molar-refractivity contribution in [2.24, 2.45) is 0 Å². The van der Waals surface area contributed by atoms with E-state index in [1.807, 2.05) is 0 Å². The Hall–Kier alpha value is -1.45. The van der Waals surface area contributed by atoms with Crippen molar-refractivity contribution in [3.8, 4) is 0 Å². The summed E-state index contributed by atoms with van der Waals surface area (Å²) in [6.45, 7) is 0. The van der Waals surface area contributed by atoms with E-state index in [9.17, 15) is 9.18 Å². The molecule has 0 unspecified atom stereocenters. The fraction of sp³-hybridized carbons (Fsp3) is 0.0769. The molecule has 0 bridgehead atoms. The van der Waals surface area contributed by atoms with Crippen LogP contribution in [0.2, 0.25) is 10.0 Å². The lowest BCUT2D eigenvalue weighted by Crippen LogP contribution is -2.07. The third kappa shape index (κ3) is 2.86. The van der Waals surface area contributed by atoms with Gasteiger partial charge in [-0.25, -0.2) is 4.39 Å². The second-order valence-electron chi connectivity index (χ2n) is 3.67. The maximum atomic E-state index is 12.9. The van der Waals surface area contributed by atoms with Crippen LogP contribution in [0, 0.1) is 5.82 Å². The second-order valence-corrected chi connectivity index (χ2v) is 4.48. The number of aromatic nitrogens is 1. The number of pyridine rings is 1. The van der Waals surface area contributed by atoms with Crippen molar-refractivity contribution in [1.29, 1.82) is 0 Å². The van der Waals surface area contributed by atoms with Crippen LogP contribution < -0.4 is 0 Å². The zero-order valence-corrected chi connectivity index (χ0v) is 10.7. The summed E-state index contributed by atoms with van der Waals surface area (Å²) < 4.78 is 12.9. The van der Waals surface area contributed by atoms with Crippen molar-refractivity contribution < 1.29 is 9.18 Å². The van der Waals surface area contributed by atoms with Crippen LogP contribution in [0.3, 0.4) is 0 Å². The Labute approximate surface area is 113 Å². The number of ketones is 1. The summed E-state index contributed by atoms with van der Waals surface area (Å²) in [6, 6.07) is 7.14. The van der Waals surface area contributed by atoms with Crippen LogP contribution >= 0.6 is 23.2 Å². The molecular formula is C13H8Cl2FNO. The van der Waals surface area contributed by atoms with Gasteiger partial charge in [0.15, 0.2) is 5.78 Å². The van der Waals surface area contributed by atoms with Gasteiger partial charge in [-0.05, 0) is 29.8 Å². The summed E-state index contributed by atoms with van der Waals surface area (Å²) in [4.78, 5) is 15.9. The predicted octanol–water partition coefficient (Wildman–Crippen LogP) is 3.95. The first-order valence-corrected chi connectivity index (χ1v) is 5.91. The number of Topliss-reactive ketones (excluding diaryl/α,β-unsaturated/α-hetero) is 1. The van der Waals surface area contributed by atoms with Gasteiger partial charge in [0.25, 0.3) is 0 Å². The van der Waals surface area contributed by atoms with Crippen LogP contribution in [-0.2, 0) is 6.42 Å². The van der Waals surface area contributed by atoms with Gasteiger partial charge in [0.05, 0.1) is 5.02 Å². The van der Waals surface area contributed by atoms with Crippen molar-refractivity contribution >= 4 is 29.0 Å². The minimum Gasteiger partial charge on any atom is -0.292 e. The zero-order chi connectivity index (χ0) is 13.1. The average Bonchev–Trinajstić information content (AvgIpc) is 2.33. The number of rotatable bonds is 3. The summed E-state index contributed by atoms with van der Waals surface area (Å²) in [5, 5.41) is 0.510. The van der Waals surface area contributed by atoms with E-state index in [1.54, 1.807) is 12.1 Å². The number of hydrogen-bond donors (Lipinski definition) is 0. The number of hydrogen-bond acceptors (Lipinski definition) is 2. The van der Waals surface area contributed by atoms with Crippen molar-refractivity contribution in [3.63, 3.8) is 0 Å². The molecule has 18 heavy (non-hydrogen) atoms. The summed E-state index contributed by atoms with van der Waals surface area (Å²) in [5.41, 5.74) is 0.740. The molecule has 0 saturated heterocycles. The van der Waals surface area contributed by atoms with Gasteiger partial charge in [-0.2, -0.15) is 0 Å². The van der Waals surface area contributed by atoms with Gasteiger partial charge in [-0.1, -0.05) is 29.3 Å². The Morgan fingerprint density at radius 3 is 2.67 bits per heavy atom. The summed E-state index contributed by atoms with van der Waals surface area (Å²) in [6.07, 6.45) is 1.53. The minimum absolute atomic E-state index is 0.0375. The molecule has 0 radical (unpaired) electrons. The third-order valence-electron chi connectivity index (χ3n) is 2.39. The van der Waals surface area contributed by atoms with Gasteiger partial charge in [-0.3, -0.25) is 9.78 Å². The van der Waals surface area contributed by atoms with E-state index in [2.05, 4.69) is 4.98 Å². The Balaban J connectivity index is 2.24. The molecule has 2 rings (SSSR count). The van der Waals surface area contributed by atoms with Crippen molar-refractivity contribution in [1.82, 2.24) is 4.98 Å². The molecule has 0 saturated carbocycles. The maximum Gasteiger partial charge on any atom is 0.187 e. The molecular weight excluding hydrogens is 276 g/mol. The molecule has 2 nitrogen and oxygen atoms in total. The molecule has 2 aromatic rings. The normalized spacial score (nSPS) is 10.4. The molecule has 1 aromatic heterocycles. The molecule has 0 spiro atoms. The highest BCUT2D eigenvalue weighted by Gasteiger charge is 2.14. The number of carbonyl (C=O) groups excluding carboxylic acids is 1. The van der Waals surface area contributed by atoms with Gasteiger partial charge in [0.1, 0.15) is 11.5 Å². The van der Waals surface area contributed by atoms with Crippen molar-refractivity contribution in [2.75, 3.05) is 0 Å². The van der Waals surface area contributed by atoms with Gasteiger partial charge in [0, 0.05) is 17.6 Å². The summed E-state index contributed by atoms with van der Waals surface area (Å²) in [5.74, 6) is -0.693. The zero-order valence-electron chi connectivity index (χ0n) is 9.16. The van der Waals surface area contributed by atoms with E-state index in [-0.39, 0.29) is 22.9 Å². The fourth-order valence-electron chi connectivity index (χ4n) is 1.51. The first-order valence-electron chi connectivity index (χ1n) is 5.15. The largest absolute Gasteiger partial charge is 0.292 e. The molecule has 0 aliphatic heterocycles. The van der Waals surface area contributed by atoms with Crippen LogP contribution in [0.1, 0.15) is 16.1 Å². The van der Waals surface area contributed by atoms with Crippen LogP contribution in [0.5, 0.6) is 0 Å². The third-order valence-corrected chi connectivity index (χ3v) is 3.05. The van der Waals surface area contributed by atoms with E-state index >= 15 is 0 Å². The van der Waals surface area contributed by atoms with E-state index < -0.39 is 5.82 Å². The monoisotopic (exact) mass is 283 g/mol. The Morgan fingerprint density at radius 1 is 1.22 bits per heavy atom. The van der Waals surface area contributed by atoms with Crippen molar-refractivity contribution in [3.05, 3.63) is 63.6 Å². The highest BCUT2D eigenvalue weighted by atomic mass is 35.5. The molecule has 0 fully saturated rings. The lowest BCUT2D eigenvalue weighted by Gasteiger charge is -2.04. The summed E-state index contributed by atoms with van der Waals surface area (Å²) >= 11 is 11.7. The van der Waals surface area contributed by atoms with Crippen LogP contribution in [0.4, 0.5) is 4.39 Å². The number of carbonyl (C=O) groups is 1. The van der Waals surface area contributed by atoms with Gasteiger partial charge in [-0.15, -0.1) is 0 Å². The molecule has 92 valence electrons. The molecule has 0 N–H and O–H groups in total. The summed E-state index contributed by atoms with van der Waals surface area (Å²) in [7, 11) is 0. The minimum atomic E-state index is -0.438. The van der Waals surface area contributed by atoms with Gasteiger partial charge in [0.2, 0.25) is 0 Å².